The molecule has 4 heteroatoms. The first-order valence-corrected chi connectivity index (χ1v) is 36.1. The van der Waals surface area contributed by atoms with Crippen LogP contribution in [0.2, 0.25) is 0 Å². The number of hydrogen-bond acceptors (Lipinski definition) is 3. The van der Waals surface area contributed by atoms with Crippen LogP contribution in [0.15, 0.2) is 158 Å². The first-order chi connectivity index (χ1) is 44.4. The van der Waals surface area contributed by atoms with E-state index in [1.807, 2.05) is 0 Å². The summed E-state index contributed by atoms with van der Waals surface area (Å²) < 4.78 is 0. The molecule has 0 saturated heterocycles. The summed E-state index contributed by atoms with van der Waals surface area (Å²) in [5.74, 6) is 0. The summed E-state index contributed by atoms with van der Waals surface area (Å²) in [7, 11) is 0. The quantitative estimate of drug-likeness (QED) is 0.154. The van der Waals surface area contributed by atoms with Crippen molar-refractivity contribution in [1.29, 1.82) is 0 Å². The molecule has 0 amide bonds. The van der Waals surface area contributed by atoms with Crippen molar-refractivity contribution in [2.75, 3.05) is 14.6 Å². The van der Waals surface area contributed by atoms with Gasteiger partial charge in [0.05, 0.1) is 0 Å². The van der Waals surface area contributed by atoms with Gasteiger partial charge in [-0.25, -0.2) is 0 Å². The number of rotatable bonds is 6. The van der Waals surface area contributed by atoms with E-state index >= 15 is 0 Å². The lowest BCUT2D eigenvalue weighted by atomic mass is 9.43. The lowest BCUT2D eigenvalue weighted by Gasteiger charge is -2.48. The molecule has 3 nitrogen and oxygen atoms in total. The van der Waals surface area contributed by atoms with Crippen LogP contribution in [0.3, 0.4) is 0 Å². The van der Waals surface area contributed by atoms with Gasteiger partial charge >= 0.3 is 6.85 Å². The Morgan fingerprint density at radius 1 is 0.347 bits per heavy atom. The van der Waals surface area contributed by atoms with Crippen LogP contribution in [-0.2, 0) is 48.7 Å². The topological polar surface area (TPSA) is 9.72 Å². The summed E-state index contributed by atoms with van der Waals surface area (Å²) in [6, 6.07) is 64.4. The molecule has 0 spiro atoms. The Morgan fingerprint density at radius 3 is 1.38 bits per heavy atom. The molecule has 486 valence electrons. The zero-order valence-corrected chi connectivity index (χ0v) is 61.7. The van der Waals surface area contributed by atoms with E-state index < -0.39 is 0 Å². The second kappa shape index (κ2) is 20.7. The van der Waals surface area contributed by atoms with Gasteiger partial charge in [-0.15, -0.1) is 0 Å². The summed E-state index contributed by atoms with van der Waals surface area (Å²) in [6.07, 6.45) is 6.99. The second-order valence-electron chi connectivity index (χ2n) is 36.8. The fourth-order valence-electron chi connectivity index (χ4n) is 18.3. The van der Waals surface area contributed by atoms with Gasteiger partial charge in [-0.3, -0.25) is 0 Å². The van der Waals surface area contributed by atoms with Crippen LogP contribution in [0.1, 0.15) is 244 Å². The Bertz CT molecular complexity index is 4620. The Balaban J connectivity index is 1.08. The van der Waals surface area contributed by atoms with Gasteiger partial charge in [-0.05, 0) is 286 Å². The zero-order valence-electron chi connectivity index (χ0n) is 61.7. The number of hydrogen-bond donors (Lipinski definition) is 0. The molecule has 6 aliphatic rings. The van der Waals surface area contributed by atoms with Gasteiger partial charge in [-0.2, -0.15) is 0 Å². The second-order valence-corrected chi connectivity index (χ2v) is 36.8. The molecule has 0 radical (unpaired) electrons. The molecule has 0 unspecified atom stereocenters. The first-order valence-electron chi connectivity index (χ1n) is 36.1. The number of fused-ring (bicyclic) bond motifs is 10. The zero-order chi connectivity index (χ0) is 67.6. The number of benzene rings is 9. The van der Waals surface area contributed by atoms with Crippen LogP contribution in [0, 0.1) is 13.8 Å². The van der Waals surface area contributed by atoms with E-state index in [1.165, 1.54) is 165 Å². The third-order valence-corrected chi connectivity index (χ3v) is 25.0. The maximum Gasteiger partial charge on any atom is 0.333 e. The predicted octanol–water partition coefficient (Wildman–Crippen LogP) is 24.1. The van der Waals surface area contributed by atoms with Crippen molar-refractivity contribution in [1.82, 2.24) is 0 Å². The first kappa shape index (κ1) is 63.5. The van der Waals surface area contributed by atoms with E-state index in [4.69, 9.17) is 0 Å². The number of anilines is 8. The van der Waals surface area contributed by atoms with Crippen LogP contribution in [0.4, 0.5) is 45.5 Å². The van der Waals surface area contributed by atoms with Gasteiger partial charge < -0.3 is 14.6 Å². The molecule has 95 heavy (non-hydrogen) atoms. The SMILES string of the molecule is Cc1ccccc1-c1cc2c3c(c1)N(c1cc4c(cc1C)C(C)(C)CCC4(C)C)c1cc4c(cc1B3N(c1ccc3c(c1)C(C)(C)CCC3(C)C)c1ccc(N(c3ccc(C(C)(C)C)cc3)c3ccc(C(C)(C)C)cc3)cc1-2)-c1cc2c(cc1C4(C)C)C(C)(C)CCC2(C)C. The minimum atomic E-state index is -0.262. The third kappa shape index (κ3) is 9.83. The Morgan fingerprint density at radius 2 is 0.821 bits per heavy atom. The van der Waals surface area contributed by atoms with Crippen molar-refractivity contribution < 1.29 is 0 Å². The van der Waals surface area contributed by atoms with Crippen molar-refractivity contribution in [3.8, 4) is 33.4 Å². The monoisotopic (exact) mass is 1250 g/mol. The van der Waals surface area contributed by atoms with Crippen LogP contribution in [-0.4, -0.2) is 6.85 Å². The van der Waals surface area contributed by atoms with Crippen LogP contribution >= 0.6 is 0 Å². The van der Waals surface area contributed by atoms with Gasteiger partial charge in [0.2, 0.25) is 0 Å². The smallest absolute Gasteiger partial charge is 0.333 e. The molecule has 4 aliphatic carbocycles. The fourth-order valence-corrected chi connectivity index (χ4v) is 18.3. The molecule has 9 aromatic carbocycles. The third-order valence-electron chi connectivity index (χ3n) is 25.0. The molecule has 0 N–H and O–H groups in total. The highest BCUT2D eigenvalue weighted by Crippen LogP contribution is 2.59. The summed E-state index contributed by atoms with van der Waals surface area (Å²) in [6.45, 7) is 53.4. The minimum absolute atomic E-state index is 0.00788. The lowest BCUT2D eigenvalue weighted by Crippen LogP contribution is -2.61. The maximum absolute atomic E-state index is 2.82. The lowest BCUT2D eigenvalue weighted by molar-refractivity contribution is 0.331. The van der Waals surface area contributed by atoms with Crippen molar-refractivity contribution in [3.63, 3.8) is 0 Å². The summed E-state index contributed by atoms with van der Waals surface area (Å²) in [4.78, 5) is 8.13. The molecular weight excluding hydrogens is 1150 g/mol. The number of aryl methyl sites for hydroxylation is 2. The Labute approximate surface area is 571 Å². The van der Waals surface area contributed by atoms with E-state index in [1.54, 1.807) is 0 Å². The molecule has 0 atom stereocenters. The molecule has 0 saturated carbocycles. The van der Waals surface area contributed by atoms with Gasteiger partial charge in [0.15, 0.2) is 0 Å². The average molecular weight is 1250 g/mol. The standard InChI is InChI=1S/C91H104BN3/c1-55-25-23-24-26-64(55)57-46-68-67-48-62(93(60-31-27-58(28-32-60)83(3,4)5)61-33-29-59(30-34-61)84(6,7)8)36-38-78(67)95(63-35-37-69-73(49-63)87(13,14)40-39-85(69,9)10)92-77-51-66-65-50-74-75(89(17,18)43-42-88(74,15)16)52-70(65)91(21,22)71(66)53-80(77)94(81(47-57)82(68)92)79-54-76-72(45-56(79)2)86(11,12)41-44-90(76,19)20/h23-38,45-54H,39-44H2,1-22H3. The van der Waals surface area contributed by atoms with Crippen molar-refractivity contribution >= 4 is 63.3 Å². The molecule has 15 rings (SSSR count). The molecule has 2 aliphatic heterocycles. The maximum atomic E-state index is 2.82. The van der Waals surface area contributed by atoms with Crippen LogP contribution in [0.5, 0.6) is 0 Å². The molecule has 2 heterocycles. The van der Waals surface area contributed by atoms with E-state index in [9.17, 15) is 0 Å². The van der Waals surface area contributed by atoms with Gasteiger partial charge in [0.1, 0.15) is 0 Å². The largest absolute Gasteiger partial charge is 0.376 e. The van der Waals surface area contributed by atoms with E-state index in [0.717, 1.165) is 29.9 Å². The van der Waals surface area contributed by atoms with Crippen molar-refractivity contribution in [2.45, 2.75) is 240 Å². The Kier molecular flexibility index (Phi) is 13.9. The molecule has 9 aromatic rings. The summed E-state index contributed by atoms with van der Waals surface area (Å²) in [5.41, 5.74) is 37.3. The molecule has 0 aromatic heterocycles. The van der Waals surface area contributed by atoms with Crippen molar-refractivity contribution in [3.05, 3.63) is 224 Å². The van der Waals surface area contributed by atoms with Gasteiger partial charge in [0.25, 0.3) is 0 Å². The van der Waals surface area contributed by atoms with Crippen molar-refractivity contribution in [2.24, 2.45) is 0 Å². The molecule has 0 fully saturated rings. The molecular formula is C91H104BN3. The fraction of sp³-hybridized carbons (Fsp3) is 0.407. The summed E-state index contributed by atoms with van der Waals surface area (Å²) in [5, 5.41) is 0. The average Bonchev–Trinajstić information content (AvgIpc) is 1.63. The Hall–Kier alpha value is -7.56. The number of nitrogens with zero attached hydrogens (tertiary/aromatic N) is 3. The minimum Gasteiger partial charge on any atom is -0.376 e. The molecule has 0 bridgehead atoms. The highest BCUT2D eigenvalue weighted by molar-refractivity contribution is 6.93. The van der Waals surface area contributed by atoms with E-state index in [2.05, 4.69) is 325 Å². The van der Waals surface area contributed by atoms with E-state index in [0.29, 0.717) is 0 Å². The van der Waals surface area contributed by atoms with E-state index in [-0.39, 0.29) is 55.6 Å². The normalized spacial score (nSPS) is 19.1. The summed E-state index contributed by atoms with van der Waals surface area (Å²) >= 11 is 0. The predicted molar refractivity (Wildman–Crippen MR) is 411 cm³/mol. The van der Waals surface area contributed by atoms with Gasteiger partial charge in [0, 0.05) is 56.5 Å². The highest BCUT2D eigenvalue weighted by Gasteiger charge is 2.51. The van der Waals surface area contributed by atoms with Gasteiger partial charge in [-0.1, -0.05) is 211 Å². The highest BCUT2D eigenvalue weighted by atomic mass is 15.2. The van der Waals surface area contributed by atoms with Crippen LogP contribution < -0.4 is 25.5 Å². The van der Waals surface area contributed by atoms with Crippen LogP contribution in [0.25, 0.3) is 33.4 Å².